The molecule has 0 saturated carbocycles. The highest BCUT2D eigenvalue weighted by molar-refractivity contribution is 6.12. The number of aliphatic hydroxyl groups is 1. The van der Waals surface area contributed by atoms with Gasteiger partial charge in [-0.05, 0) is 29.0 Å². The van der Waals surface area contributed by atoms with E-state index in [1.165, 1.54) is 6.07 Å². The lowest BCUT2D eigenvalue weighted by molar-refractivity contribution is 0.103. The minimum atomic E-state index is -0.501. The van der Waals surface area contributed by atoms with Gasteiger partial charge in [-0.1, -0.05) is 30.3 Å². The van der Waals surface area contributed by atoms with Crippen molar-refractivity contribution in [2.24, 2.45) is 0 Å². The molecule has 1 aromatic carbocycles. The van der Waals surface area contributed by atoms with Crippen molar-refractivity contribution in [2.75, 3.05) is 0 Å². The SMILES string of the molecule is O=C(c1ccccc1)c1cc(C(=O)C=C(O)c2nn[nH]n2)n(Cc2ccncc2)c1. The maximum atomic E-state index is 12.9. The van der Waals surface area contributed by atoms with E-state index in [1.807, 2.05) is 18.2 Å². The number of aliphatic hydroxyl groups excluding tert-OH is 1. The van der Waals surface area contributed by atoms with E-state index in [1.54, 1.807) is 47.4 Å². The van der Waals surface area contributed by atoms with Gasteiger partial charge in [-0.3, -0.25) is 14.6 Å². The minimum Gasteiger partial charge on any atom is -0.504 e. The Balaban J connectivity index is 1.71. The molecule has 0 saturated heterocycles. The molecule has 3 heterocycles. The number of aromatic amines is 1. The van der Waals surface area contributed by atoms with Gasteiger partial charge >= 0.3 is 0 Å². The Morgan fingerprint density at radius 2 is 1.83 bits per heavy atom. The van der Waals surface area contributed by atoms with Crippen LogP contribution in [0.3, 0.4) is 0 Å². The Kier molecular flexibility index (Phi) is 5.25. The first-order valence-corrected chi connectivity index (χ1v) is 8.99. The van der Waals surface area contributed by atoms with Crippen LogP contribution in [0.4, 0.5) is 0 Å². The fourth-order valence-electron chi connectivity index (χ4n) is 2.95. The van der Waals surface area contributed by atoms with Gasteiger partial charge in [-0.15, -0.1) is 10.2 Å². The highest BCUT2D eigenvalue weighted by Gasteiger charge is 2.19. The smallest absolute Gasteiger partial charge is 0.239 e. The number of nitrogens with zero attached hydrogens (tertiary/aromatic N) is 5. The van der Waals surface area contributed by atoms with Gasteiger partial charge in [-0.25, -0.2) is 0 Å². The van der Waals surface area contributed by atoms with Gasteiger partial charge in [0.15, 0.2) is 11.5 Å². The van der Waals surface area contributed by atoms with Gasteiger partial charge in [0.05, 0.1) is 5.69 Å². The summed E-state index contributed by atoms with van der Waals surface area (Å²) in [4.78, 5) is 29.7. The van der Waals surface area contributed by atoms with Crippen molar-refractivity contribution in [3.8, 4) is 0 Å². The van der Waals surface area contributed by atoms with E-state index in [-0.39, 0.29) is 17.3 Å². The molecule has 148 valence electrons. The molecule has 2 N–H and O–H groups in total. The summed E-state index contributed by atoms with van der Waals surface area (Å²) in [7, 11) is 0. The highest BCUT2D eigenvalue weighted by Crippen LogP contribution is 2.18. The van der Waals surface area contributed by atoms with Gasteiger partial charge in [0.2, 0.25) is 11.6 Å². The first-order valence-electron chi connectivity index (χ1n) is 8.99. The number of allylic oxidation sites excluding steroid dienone is 1. The topological polar surface area (TPSA) is 127 Å². The van der Waals surface area contributed by atoms with E-state index in [0.717, 1.165) is 11.6 Å². The summed E-state index contributed by atoms with van der Waals surface area (Å²) in [5, 5.41) is 22.9. The third-order valence-corrected chi connectivity index (χ3v) is 4.39. The third-order valence-electron chi connectivity index (χ3n) is 4.39. The molecule has 0 aliphatic heterocycles. The quantitative estimate of drug-likeness (QED) is 0.277. The Labute approximate surface area is 170 Å². The van der Waals surface area contributed by atoms with Crippen molar-refractivity contribution in [3.05, 3.63) is 101 Å². The van der Waals surface area contributed by atoms with Crippen LogP contribution in [0, 0.1) is 0 Å². The fraction of sp³-hybridized carbons (Fsp3) is 0.0476. The van der Waals surface area contributed by atoms with Crippen molar-refractivity contribution in [1.29, 1.82) is 0 Å². The van der Waals surface area contributed by atoms with Gasteiger partial charge in [0.25, 0.3) is 0 Å². The Morgan fingerprint density at radius 3 is 2.53 bits per heavy atom. The summed E-state index contributed by atoms with van der Waals surface area (Å²) in [6, 6.07) is 14.0. The van der Waals surface area contributed by atoms with Crippen molar-refractivity contribution in [3.63, 3.8) is 0 Å². The second-order valence-electron chi connectivity index (χ2n) is 6.42. The average Bonchev–Trinajstić information content (AvgIpc) is 3.45. The van der Waals surface area contributed by atoms with Crippen LogP contribution >= 0.6 is 0 Å². The summed E-state index contributed by atoms with van der Waals surface area (Å²) in [5.41, 5.74) is 2.02. The lowest BCUT2D eigenvalue weighted by Gasteiger charge is -2.07. The molecule has 0 spiro atoms. The molecule has 0 atom stereocenters. The zero-order chi connectivity index (χ0) is 20.9. The average molecular weight is 400 g/mol. The monoisotopic (exact) mass is 400 g/mol. The number of nitrogens with one attached hydrogen (secondary N) is 1. The van der Waals surface area contributed by atoms with E-state index >= 15 is 0 Å². The molecule has 4 rings (SSSR count). The molecule has 30 heavy (non-hydrogen) atoms. The van der Waals surface area contributed by atoms with Gasteiger partial charge in [0.1, 0.15) is 0 Å². The number of benzene rings is 1. The number of tetrazole rings is 1. The van der Waals surface area contributed by atoms with Crippen LogP contribution in [0.2, 0.25) is 0 Å². The molecule has 4 aromatic rings. The number of hydrogen-bond donors (Lipinski definition) is 2. The fourth-order valence-corrected chi connectivity index (χ4v) is 2.95. The predicted molar refractivity (Wildman–Crippen MR) is 107 cm³/mol. The van der Waals surface area contributed by atoms with Crippen LogP contribution in [0.25, 0.3) is 5.76 Å². The molecule has 0 radical (unpaired) electrons. The van der Waals surface area contributed by atoms with Crippen LogP contribution in [0.5, 0.6) is 0 Å². The second kappa shape index (κ2) is 8.31. The first-order chi connectivity index (χ1) is 14.6. The van der Waals surface area contributed by atoms with Gasteiger partial charge in [0, 0.05) is 42.3 Å². The molecule has 0 amide bonds. The molecule has 9 heteroatoms. The number of H-pyrrole nitrogens is 1. The van der Waals surface area contributed by atoms with E-state index < -0.39 is 11.5 Å². The molecule has 0 aliphatic carbocycles. The number of hydrogen-bond acceptors (Lipinski definition) is 7. The summed E-state index contributed by atoms with van der Waals surface area (Å²) < 4.78 is 1.66. The van der Waals surface area contributed by atoms with Crippen molar-refractivity contribution in [1.82, 2.24) is 30.2 Å². The molecule has 0 aliphatic rings. The van der Waals surface area contributed by atoms with Crippen LogP contribution in [-0.2, 0) is 6.54 Å². The van der Waals surface area contributed by atoms with Crippen LogP contribution < -0.4 is 0 Å². The number of aromatic nitrogens is 6. The summed E-state index contributed by atoms with van der Waals surface area (Å²) in [6.07, 6.45) is 5.93. The molecule has 3 aromatic heterocycles. The molecule has 0 bridgehead atoms. The lowest BCUT2D eigenvalue weighted by Crippen LogP contribution is -2.08. The molecular weight excluding hydrogens is 384 g/mol. The van der Waals surface area contributed by atoms with E-state index in [0.29, 0.717) is 17.7 Å². The van der Waals surface area contributed by atoms with E-state index in [9.17, 15) is 14.7 Å². The first kappa shape index (κ1) is 18.9. The van der Waals surface area contributed by atoms with Crippen molar-refractivity contribution in [2.45, 2.75) is 6.54 Å². The van der Waals surface area contributed by atoms with Crippen LogP contribution in [-0.4, -0.2) is 46.8 Å². The number of pyridine rings is 1. The highest BCUT2D eigenvalue weighted by atomic mass is 16.3. The van der Waals surface area contributed by atoms with Gasteiger partial charge in [-0.2, -0.15) is 5.21 Å². The second-order valence-corrected chi connectivity index (χ2v) is 6.42. The molecule has 0 fully saturated rings. The summed E-state index contributed by atoms with van der Waals surface area (Å²) >= 11 is 0. The van der Waals surface area contributed by atoms with Crippen LogP contribution in [0.1, 0.15) is 37.8 Å². The lowest BCUT2D eigenvalue weighted by atomic mass is 10.1. The summed E-state index contributed by atoms with van der Waals surface area (Å²) in [6.45, 7) is 0.350. The number of carbonyl (C=O) groups excluding carboxylic acids is 2. The number of rotatable bonds is 7. The number of ketones is 2. The molecule has 0 unspecified atom stereocenters. The van der Waals surface area contributed by atoms with Gasteiger partial charge < -0.3 is 9.67 Å². The Bertz CT molecular complexity index is 1200. The van der Waals surface area contributed by atoms with Crippen LogP contribution in [0.15, 0.2) is 73.2 Å². The zero-order valence-corrected chi connectivity index (χ0v) is 15.6. The Morgan fingerprint density at radius 1 is 1.07 bits per heavy atom. The minimum absolute atomic E-state index is 0.101. The van der Waals surface area contributed by atoms with E-state index in [2.05, 4.69) is 25.6 Å². The molecular formula is C21H16N6O3. The third kappa shape index (κ3) is 4.04. The number of carbonyl (C=O) groups is 2. The Hall–Kier alpha value is -4.40. The largest absolute Gasteiger partial charge is 0.504 e. The van der Waals surface area contributed by atoms with Crippen molar-refractivity contribution < 1.29 is 14.7 Å². The predicted octanol–water partition coefficient (Wildman–Crippen LogP) is 2.46. The van der Waals surface area contributed by atoms with Crippen molar-refractivity contribution >= 4 is 17.3 Å². The maximum absolute atomic E-state index is 12.9. The standard InChI is InChI=1S/C21H16N6O3/c28-18(11-19(29)21-23-25-26-24-21)17-10-16(20(30)15-4-2-1-3-5-15)13-27(17)12-14-6-8-22-9-7-14/h1-11,13,29H,12H2,(H,23,24,25,26). The summed E-state index contributed by atoms with van der Waals surface area (Å²) in [5.74, 6) is -1.24. The maximum Gasteiger partial charge on any atom is 0.239 e. The zero-order valence-electron chi connectivity index (χ0n) is 15.6. The van der Waals surface area contributed by atoms with E-state index in [4.69, 9.17) is 0 Å². The molecule has 9 nitrogen and oxygen atoms in total. The normalized spacial score (nSPS) is 11.4.